The third-order valence-electron chi connectivity index (χ3n) is 6.96. The molecule has 1 unspecified atom stereocenters. The van der Waals surface area contributed by atoms with Gasteiger partial charge < -0.3 is 14.2 Å². The van der Waals surface area contributed by atoms with Gasteiger partial charge in [-0.15, -0.1) is 0 Å². The molecule has 2 fully saturated rings. The van der Waals surface area contributed by atoms with E-state index >= 15 is 0 Å². The van der Waals surface area contributed by atoms with E-state index in [0.29, 0.717) is 5.92 Å². The number of allylic oxidation sites excluding steroid dienone is 1. The van der Waals surface area contributed by atoms with E-state index in [9.17, 15) is 9.59 Å². The number of hydrogen-bond acceptors (Lipinski definition) is 6. The summed E-state index contributed by atoms with van der Waals surface area (Å²) in [5.41, 5.74) is 2.35. The lowest BCUT2D eigenvalue weighted by Crippen LogP contribution is -2.47. The van der Waals surface area contributed by atoms with Gasteiger partial charge in [0.15, 0.2) is 0 Å². The van der Waals surface area contributed by atoms with Crippen molar-refractivity contribution in [2.45, 2.75) is 116 Å². The molecule has 3 aliphatic rings. The summed E-state index contributed by atoms with van der Waals surface area (Å²) in [6, 6.07) is 0.255. The zero-order chi connectivity index (χ0) is 26.3. The average molecular weight is 502 g/mol. The maximum absolute atomic E-state index is 12.8. The number of ether oxygens (including phenoxy) is 3. The van der Waals surface area contributed by atoms with Gasteiger partial charge in [-0.3, -0.25) is 4.68 Å². The Morgan fingerprint density at radius 3 is 2.17 bits per heavy atom. The Hall–Kier alpha value is -2.35. The molecule has 2 amide bonds. The highest BCUT2D eigenvalue weighted by Gasteiger charge is 2.40. The smallest absolute Gasteiger partial charge is 0.419 e. The Kier molecular flexibility index (Phi) is 7.56. The minimum Gasteiger partial charge on any atom is -0.443 e. The molecule has 0 saturated heterocycles. The molecule has 0 spiro atoms. The van der Waals surface area contributed by atoms with Crippen molar-refractivity contribution in [3.05, 3.63) is 23.5 Å². The highest BCUT2D eigenvalue weighted by molar-refractivity contribution is 5.88. The van der Waals surface area contributed by atoms with Gasteiger partial charge in [0.2, 0.25) is 0 Å². The summed E-state index contributed by atoms with van der Waals surface area (Å²) in [6.07, 6.45) is 10.7. The van der Waals surface area contributed by atoms with Crippen molar-refractivity contribution in [3.8, 4) is 0 Å². The van der Waals surface area contributed by atoms with Crippen LogP contribution in [0.4, 0.5) is 9.59 Å². The number of methoxy groups -OCH3 is 1. The van der Waals surface area contributed by atoms with E-state index in [0.717, 1.165) is 37.0 Å². The van der Waals surface area contributed by atoms with Gasteiger partial charge in [-0.05, 0) is 98.0 Å². The zero-order valence-corrected chi connectivity index (χ0v) is 23.0. The molecular formula is C28H43N3O5. The standard InChI is InChI=1S/C28H43N3O5/c1-27(2,3)35-25(32)30(26(33)36-28(4,5)6)16-18-14-20(15-18)31-17-22(24(29-31)19-12-13-19)21-10-8-9-11-23(21)34-7/h10,17-20,23H,8-9,11-16H2,1-7H3. The summed E-state index contributed by atoms with van der Waals surface area (Å²) in [5.74, 6) is 0.722. The predicted octanol–water partition coefficient (Wildman–Crippen LogP) is 6.47. The van der Waals surface area contributed by atoms with Gasteiger partial charge in [-0.1, -0.05) is 6.08 Å². The van der Waals surface area contributed by atoms with Crippen LogP contribution in [0, 0.1) is 5.92 Å². The van der Waals surface area contributed by atoms with E-state index in [1.54, 1.807) is 48.7 Å². The Bertz CT molecular complexity index is 962. The minimum atomic E-state index is -0.696. The SMILES string of the molecule is COC1CCCC=C1c1cn(C2CC(CN(C(=O)OC(C)(C)C)C(=O)OC(C)(C)C)C2)nc1C1CC1. The van der Waals surface area contributed by atoms with E-state index in [-0.39, 0.29) is 24.6 Å². The molecule has 3 aliphatic carbocycles. The lowest BCUT2D eigenvalue weighted by Gasteiger charge is -2.38. The van der Waals surface area contributed by atoms with Gasteiger partial charge in [0.25, 0.3) is 0 Å². The number of carbonyl (C=O) groups excluding carboxylic acids is 2. The van der Waals surface area contributed by atoms with Crippen LogP contribution in [0.1, 0.15) is 110 Å². The fourth-order valence-corrected chi connectivity index (χ4v) is 5.03. The summed E-state index contributed by atoms with van der Waals surface area (Å²) >= 11 is 0. The number of aromatic nitrogens is 2. The third kappa shape index (κ3) is 6.50. The van der Waals surface area contributed by atoms with Crippen LogP contribution >= 0.6 is 0 Å². The third-order valence-corrected chi connectivity index (χ3v) is 6.96. The molecule has 0 aliphatic heterocycles. The molecular weight excluding hydrogens is 458 g/mol. The first-order valence-corrected chi connectivity index (χ1v) is 13.4. The molecule has 2 saturated carbocycles. The number of rotatable bonds is 6. The van der Waals surface area contributed by atoms with Crippen LogP contribution in [-0.2, 0) is 14.2 Å². The summed E-state index contributed by atoms with van der Waals surface area (Å²) in [7, 11) is 1.79. The van der Waals surface area contributed by atoms with Crippen LogP contribution in [0.15, 0.2) is 12.3 Å². The largest absolute Gasteiger partial charge is 0.443 e. The lowest BCUT2D eigenvalue weighted by atomic mass is 9.80. The maximum Gasteiger partial charge on any atom is 0.419 e. The predicted molar refractivity (Wildman–Crippen MR) is 138 cm³/mol. The Morgan fingerprint density at radius 2 is 1.64 bits per heavy atom. The van der Waals surface area contributed by atoms with E-state index in [2.05, 4.69) is 17.0 Å². The van der Waals surface area contributed by atoms with Crippen molar-refractivity contribution < 1.29 is 23.8 Å². The molecule has 0 N–H and O–H groups in total. The van der Waals surface area contributed by atoms with E-state index < -0.39 is 23.4 Å². The van der Waals surface area contributed by atoms with E-state index in [1.807, 2.05) is 0 Å². The second kappa shape index (κ2) is 10.2. The van der Waals surface area contributed by atoms with Crippen molar-refractivity contribution >= 4 is 17.8 Å². The molecule has 8 heteroatoms. The Morgan fingerprint density at radius 1 is 1.03 bits per heavy atom. The first-order chi connectivity index (χ1) is 16.8. The van der Waals surface area contributed by atoms with Crippen LogP contribution in [0.3, 0.4) is 0 Å². The van der Waals surface area contributed by atoms with Gasteiger partial charge in [0.1, 0.15) is 11.2 Å². The molecule has 0 aromatic carbocycles. The molecule has 1 atom stereocenters. The lowest BCUT2D eigenvalue weighted by molar-refractivity contribution is -0.00641. The second-order valence-corrected chi connectivity index (χ2v) is 12.6. The van der Waals surface area contributed by atoms with Crippen molar-refractivity contribution in [1.82, 2.24) is 14.7 Å². The average Bonchev–Trinajstić information content (AvgIpc) is 3.49. The second-order valence-electron chi connectivity index (χ2n) is 12.6. The van der Waals surface area contributed by atoms with Gasteiger partial charge in [-0.25, -0.2) is 14.5 Å². The summed E-state index contributed by atoms with van der Waals surface area (Å²) in [5, 5.41) is 5.04. The Labute approximate surface area is 215 Å². The summed E-state index contributed by atoms with van der Waals surface area (Å²) in [6.45, 7) is 11.0. The number of hydrogen-bond donors (Lipinski definition) is 0. The summed E-state index contributed by atoms with van der Waals surface area (Å²) < 4.78 is 18.9. The first kappa shape index (κ1) is 26.7. The van der Waals surface area contributed by atoms with Gasteiger partial charge in [0, 0.05) is 31.3 Å². The van der Waals surface area contributed by atoms with Gasteiger partial charge in [0.05, 0.1) is 17.8 Å². The van der Waals surface area contributed by atoms with Crippen molar-refractivity contribution in [1.29, 1.82) is 0 Å². The molecule has 8 nitrogen and oxygen atoms in total. The molecule has 0 radical (unpaired) electrons. The number of nitrogens with zero attached hydrogens (tertiary/aromatic N) is 3. The Balaban J connectivity index is 1.45. The van der Waals surface area contributed by atoms with E-state index in [1.165, 1.54) is 29.7 Å². The van der Waals surface area contributed by atoms with Gasteiger partial charge in [-0.2, -0.15) is 5.10 Å². The normalized spacial score (nSPS) is 24.5. The monoisotopic (exact) mass is 501 g/mol. The molecule has 0 bridgehead atoms. The fourth-order valence-electron chi connectivity index (χ4n) is 5.03. The highest BCUT2D eigenvalue weighted by Crippen LogP contribution is 2.46. The van der Waals surface area contributed by atoms with Crippen molar-refractivity contribution in [2.24, 2.45) is 5.92 Å². The topological polar surface area (TPSA) is 82.9 Å². The maximum atomic E-state index is 12.8. The molecule has 200 valence electrons. The number of imide groups is 1. The fraction of sp³-hybridized carbons (Fsp3) is 0.750. The van der Waals surface area contributed by atoms with Crippen LogP contribution in [0.2, 0.25) is 0 Å². The van der Waals surface area contributed by atoms with Crippen LogP contribution in [0.5, 0.6) is 0 Å². The quantitative estimate of drug-likeness (QED) is 0.444. The molecule has 36 heavy (non-hydrogen) atoms. The van der Waals surface area contributed by atoms with Crippen molar-refractivity contribution in [2.75, 3.05) is 13.7 Å². The highest BCUT2D eigenvalue weighted by atomic mass is 16.6. The molecule has 1 aromatic rings. The number of carbonyl (C=O) groups is 2. The first-order valence-electron chi connectivity index (χ1n) is 13.4. The molecule has 4 rings (SSSR count). The van der Waals surface area contributed by atoms with Crippen LogP contribution in [0.25, 0.3) is 5.57 Å². The van der Waals surface area contributed by atoms with Crippen molar-refractivity contribution in [3.63, 3.8) is 0 Å². The minimum absolute atomic E-state index is 0.138. The number of amides is 2. The molecule has 1 aromatic heterocycles. The van der Waals surface area contributed by atoms with Crippen LogP contribution in [-0.4, -0.2) is 57.8 Å². The molecule has 1 heterocycles. The van der Waals surface area contributed by atoms with E-state index in [4.69, 9.17) is 19.3 Å². The zero-order valence-electron chi connectivity index (χ0n) is 23.0. The van der Waals surface area contributed by atoms with Gasteiger partial charge >= 0.3 is 12.2 Å². The summed E-state index contributed by atoms with van der Waals surface area (Å²) in [4.78, 5) is 26.8. The van der Waals surface area contributed by atoms with Crippen LogP contribution < -0.4 is 0 Å².